The molecule has 2 heteroatoms. The fourth-order valence-electron chi connectivity index (χ4n) is 2.93. The highest BCUT2D eigenvalue weighted by atomic mass is 16.1. The smallest absolute Gasteiger partial charge is 0.193 e. The molecule has 0 amide bonds. The van der Waals surface area contributed by atoms with Crippen LogP contribution in [0.25, 0.3) is 0 Å². The normalized spacial score (nSPS) is 10.8. The third-order valence-electron chi connectivity index (χ3n) is 4.59. The topological polar surface area (TPSA) is 43.1 Å². The van der Waals surface area contributed by atoms with Crippen molar-refractivity contribution in [2.45, 2.75) is 41.5 Å². The number of carbonyl (C=O) groups excluding carboxylic acids is 1. The number of hydrogen-bond donors (Lipinski definition) is 1. The van der Waals surface area contributed by atoms with E-state index in [1.807, 2.05) is 32.9 Å². The number of nitrogens with two attached hydrogens (primary N) is 1. The van der Waals surface area contributed by atoms with Crippen molar-refractivity contribution in [3.05, 3.63) is 62.7 Å². The Bertz CT molecular complexity index is 692. The lowest BCUT2D eigenvalue weighted by Gasteiger charge is -2.18. The molecule has 0 heterocycles. The quantitative estimate of drug-likeness (QED) is 0.657. The summed E-state index contributed by atoms with van der Waals surface area (Å²) in [6.45, 7) is 12.3. The second-order valence-electron chi connectivity index (χ2n) is 5.96. The molecule has 0 bridgehead atoms. The lowest BCUT2D eigenvalue weighted by Crippen LogP contribution is -2.11. The van der Waals surface area contributed by atoms with E-state index >= 15 is 0 Å². The van der Waals surface area contributed by atoms with Gasteiger partial charge in [-0.2, -0.15) is 0 Å². The average molecular weight is 281 g/mol. The van der Waals surface area contributed by atoms with E-state index in [0.717, 1.165) is 22.3 Å². The van der Waals surface area contributed by atoms with Gasteiger partial charge < -0.3 is 5.73 Å². The van der Waals surface area contributed by atoms with Crippen molar-refractivity contribution >= 4 is 11.5 Å². The summed E-state index contributed by atoms with van der Waals surface area (Å²) in [7, 11) is 0. The number of ketones is 1. The van der Waals surface area contributed by atoms with Gasteiger partial charge in [-0.3, -0.25) is 4.79 Å². The first-order chi connectivity index (χ1) is 9.73. The number of nitrogen functional groups attached to an aromatic ring is 1. The maximum absolute atomic E-state index is 13.0. The van der Waals surface area contributed by atoms with E-state index in [1.165, 1.54) is 16.7 Å². The van der Waals surface area contributed by atoms with Crippen LogP contribution < -0.4 is 5.73 Å². The molecule has 0 fully saturated rings. The summed E-state index contributed by atoms with van der Waals surface area (Å²) >= 11 is 0. The zero-order chi connectivity index (χ0) is 15.9. The summed E-state index contributed by atoms with van der Waals surface area (Å²) in [5.41, 5.74) is 14.8. The van der Waals surface area contributed by atoms with Crippen molar-refractivity contribution in [3.63, 3.8) is 0 Å². The predicted molar refractivity (Wildman–Crippen MR) is 89.2 cm³/mol. The van der Waals surface area contributed by atoms with Gasteiger partial charge in [-0.25, -0.2) is 0 Å². The second kappa shape index (κ2) is 5.36. The molecule has 0 saturated heterocycles. The maximum Gasteiger partial charge on any atom is 0.193 e. The lowest BCUT2D eigenvalue weighted by atomic mass is 9.86. The molecule has 0 aromatic heterocycles. The van der Waals surface area contributed by atoms with Gasteiger partial charge in [0.1, 0.15) is 0 Å². The molecule has 21 heavy (non-hydrogen) atoms. The molecule has 0 aliphatic heterocycles. The molecule has 0 aliphatic carbocycles. The Morgan fingerprint density at radius 3 is 1.71 bits per heavy atom. The van der Waals surface area contributed by atoms with E-state index < -0.39 is 0 Å². The van der Waals surface area contributed by atoms with Crippen LogP contribution in [0.5, 0.6) is 0 Å². The number of rotatable bonds is 2. The maximum atomic E-state index is 13.0. The predicted octanol–water partition coefficient (Wildman–Crippen LogP) is 4.35. The molecule has 2 aromatic carbocycles. The van der Waals surface area contributed by atoms with E-state index in [1.54, 1.807) is 6.07 Å². The highest BCUT2D eigenvalue weighted by Crippen LogP contribution is 2.28. The van der Waals surface area contributed by atoms with E-state index in [-0.39, 0.29) is 5.78 Å². The van der Waals surface area contributed by atoms with Crippen molar-refractivity contribution in [1.29, 1.82) is 0 Å². The van der Waals surface area contributed by atoms with Gasteiger partial charge in [0.2, 0.25) is 0 Å². The summed E-state index contributed by atoms with van der Waals surface area (Å²) in [6, 6.07) is 5.54. The van der Waals surface area contributed by atoms with Gasteiger partial charge in [0.05, 0.1) is 0 Å². The van der Waals surface area contributed by atoms with Crippen LogP contribution in [-0.4, -0.2) is 5.78 Å². The fraction of sp³-hybridized carbons (Fsp3) is 0.316. The highest BCUT2D eigenvalue weighted by molar-refractivity contribution is 6.11. The van der Waals surface area contributed by atoms with Crippen molar-refractivity contribution in [2.75, 3.05) is 5.73 Å². The standard InChI is InChI=1S/C19H23NO/c1-10-7-16(9-17(20)8-10)19(21)18-14(5)12(3)11(2)13(4)15(18)6/h7-9H,20H2,1-6H3. The van der Waals surface area contributed by atoms with E-state index in [0.29, 0.717) is 11.3 Å². The Hall–Kier alpha value is -2.09. The Kier molecular flexibility index (Phi) is 3.91. The van der Waals surface area contributed by atoms with Gasteiger partial charge in [0, 0.05) is 16.8 Å². The summed E-state index contributed by atoms with van der Waals surface area (Å²) < 4.78 is 0. The SMILES string of the molecule is Cc1cc(N)cc(C(=O)c2c(C)c(C)c(C)c(C)c2C)c1. The Balaban J connectivity index is 2.69. The van der Waals surface area contributed by atoms with Gasteiger partial charge in [0.25, 0.3) is 0 Å². The van der Waals surface area contributed by atoms with Crippen molar-refractivity contribution in [2.24, 2.45) is 0 Å². The second-order valence-corrected chi connectivity index (χ2v) is 5.96. The number of hydrogen-bond acceptors (Lipinski definition) is 2. The monoisotopic (exact) mass is 281 g/mol. The van der Waals surface area contributed by atoms with Gasteiger partial charge in [-0.1, -0.05) is 0 Å². The summed E-state index contributed by atoms with van der Waals surface area (Å²) in [5.74, 6) is 0.0617. The summed E-state index contributed by atoms with van der Waals surface area (Å²) in [6.07, 6.45) is 0. The van der Waals surface area contributed by atoms with Crippen LogP contribution in [0.2, 0.25) is 0 Å². The minimum atomic E-state index is 0.0617. The van der Waals surface area contributed by atoms with Crippen LogP contribution in [0.1, 0.15) is 49.3 Å². The van der Waals surface area contributed by atoms with Crippen molar-refractivity contribution in [3.8, 4) is 0 Å². The molecule has 2 nitrogen and oxygen atoms in total. The van der Waals surface area contributed by atoms with Crippen LogP contribution in [-0.2, 0) is 0 Å². The van der Waals surface area contributed by atoms with Gasteiger partial charge in [-0.15, -0.1) is 0 Å². The minimum Gasteiger partial charge on any atom is -0.399 e. The van der Waals surface area contributed by atoms with E-state index in [9.17, 15) is 4.79 Å². The van der Waals surface area contributed by atoms with E-state index in [4.69, 9.17) is 5.73 Å². The number of anilines is 1. The zero-order valence-corrected chi connectivity index (χ0v) is 13.7. The fourth-order valence-corrected chi connectivity index (χ4v) is 2.93. The molecule has 0 radical (unpaired) electrons. The van der Waals surface area contributed by atoms with Crippen LogP contribution >= 0.6 is 0 Å². The van der Waals surface area contributed by atoms with Gasteiger partial charge >= 0.3 is 0 Å². The first-order valence-electron chi connectivity index (χ1n) is 7.22. The van der Waals surface area contributed by atoms with Gasteiger partial charge in [-0.05, 0) is 93.1 Å². The van der Waals surface area contributed by atoms with Gasteiger partial charge in [0.15, 0.2) is 5.78 Å². The van der Waals surface area contributed by atoms with E-state index in [2.05, 4.69) is 20.8 Å². The number of carbonyl (C=O) groups is 1. The molecule has 0 spiro atoms. The third-order valence-corrected chi connectivity index (χ3v) is 4.59. The number of aryl methyl sites for hydroxylation is 1. The molecular formula is C19H23NO. The molecule has 2 rings (SSSR count). The Morgan fingerprint density at radius 2 is 1.24 bits per heavy atom. The molecule has 0 aliphatic rings. The van der Waals surface area contributed by atoms with Crippen molar-refractivity contribution < 1.29 is 4.79 Å². The molecule has 0 unspecified atom stereocenters. The third kappa shape index (κ3) is 2.58. The molecule has 0 atom stereocenters. The highest BCUT2D eigenvalue weighted by Gasteiger charge is 2.19. The Morgan fingerprint density at radius 1 is 0.762 bits per heavy atom. The summed E-state index contributed by atoms with van der Waals surface area (Å²) in [4.78, 5) is 13.0. The first-order valence-corrected chi connectivity index (χ1v) is 7.22. The van der Waals surface area contributed by atoms with Crippen molar-refractivity contribution in [1.82, 2.24) is 0 Å². The van der Waals surface area contributed by atoms with Crippen LogP contribution in [0.4, 0.5) is 5.69 Å². The van der Waals surface area contributed by atoms with Crippen LogP contribution in [0.15, 0.2) is 18.2 Å². The Labute approximate surface area is 127 Å². The first kappa shape index (κ1) is 15.3. The lowest BCUT2D eigenvalue weighted by molar-refractivity contribution is 0.103. The van der Waals surface area contributed by atoms with Crippen LogP contribution in [0.3, 0.4) is 0 Å². The number of benzene rings is 2. The molecule has 0 saturated carbocycles. The molecular weight excluding hydrogens is 258 g/mol. The molecule has 110 valence electrons. The minimum absolute atomic E-state index is 0.0617. The average Bonchev–Trinajstić information content (AvgIpc) is 2.42. The molecule has 2 aromatic rings. The summed E-state index contributed by atoms with van der Waals surface area (Å²) in [5, 5.41) is 0. The van der Waals surface area contributed by atoms with Crippen LogP contribution in [0, 0.1) is 41.5 Å². The molecule has 2 N–H and O–H groups in total. The largest absolute Gasteiger partial charge is 0.399 e. The zero-order valence-electron chi connectivity index (χ0n) is 13.7.